The van der Waals surface area contributed by atoms with Gasteiger partial charge in [0.1, 0.15) is 10.7 Å². The van der Waals surface area contributed by atoms with E-state index in [1.54, 1.807) is 0 Å². The number of carbonyl (C=O) groups excluding carboxylic acids is 1. The van der Waals surface area contributed by atoms with Gasteiger partial charge < -0.3 is 14.8 Å². The lowest BCUT2D eigenvalue weighted by molar-refractivity contribution is -0.143. The highest BCUT2D eigenvalue weighted by Crippen LogP contribution is 2.25. The van der Waals surface area contributed by atoms with Gasteiger partial charge in [-0.3, -0.25) is 9.59 Å². The van der Waals surface area contributed by atoms with Crippen LogP contribution in [0.1, 0.15) is 54.8 Å². The zero-order valence-corrected chi connectivity index (χ0v) is 16.1. The molecule has 9 heteroatoms. The molecule has 8 nitrogen and oxygen atoms in total. The summed E-state index contributed by atoms with van der Waals surface area (Å²) in [5.41, 5.74) is 0. The van der Waals surface area contributed by atoms with Crippen LogP contribution >= 0.6 is 0 Å². The molecule has 1 heterocycles. The van der Waals surface area contributed by atoms with Gasteiger partial charge in [0.25, 0.3) is 5.91 Å². The smallest absolute Gasteiger partial charge is 0.308 e. The molecule has 1 aromatic rings. The predicted molar refractivity (Wildman–Crippen MR) is 94.4 cm³/mol. The lowest BCUT2D eigenvalue weighted by Gasteiger charge is -2.26. The molecular weight excluding hydrogens is 360 g/mol. The molecule has 1 saturated carbocycles. The van der Waals surface area contributed by atoms with Gasteiger partial charge in [0.15, 0.2) is 5.76 Å². The monoisotopic (exact) mass is 386 g/mol. The Kier molecular flexibility index (Phi) is 6.46. The number of hydrogen-bond acceptors (Lipinski definition) is 5. The number of nitrogens with zero attached hydrogens (tertiary/aromatic N) is 1. The highest BCUT2D eigenvalue weighted by molar-refractivity contribution is 7.89. The Morgan fingerprint density at radius 3 is 2.38 bits per heavy atom. The maximum absolute atomic E-state index is 12.5. The third-order valence-corrected chi connectivity index (χ3v) is 6.68. The van der Waals surface area contributed by atoms with Crippen LogP contribution in [0, 0.1) is 12.8 Å². The minimum Gasteiger partial charge on any atom is -0.481 e. The number of aryl methyl sites for hydroxylation is 1. The molecule has 1 amide bonds. The summed E-state index contributed by atoms with van der Waals surface area (Å²) < 4.78 is 30.9. The van der Waals surface area contributed by atoms with Crippen LogP contribution in [0.25, 0.3) is 0 Å². The van der Waals surface area contributed by atoms with Crippen molar-refractivity contribution in [2.24, 2.45) is 5.92 Å². The first-order valence-corrected chi connectivity index (χ1v) is 10.1. The average Bonchev–Trinajstić information content (AvgIpc) is 2.92. The van der Waals surface area contributed by atoms with Crippen molar-refractivity contribution in [3.63, 3.8) is 0 Å². The third kappa shape index (κ3) is 4.45. The number of sulfonamides is 1. The molecule has 26 heavy (non-hydrogen) atoms. The van der Waals surface area contributed by atoms with Crippen molar-refractivity contribution in [1.82, 2.24) is 9.62 Å². The van der Waals surface area contributed by atoms with E-state index in [4.69, 9.17) is 4.42 Å². The van der Waals surface area contributed by atoms with E-state index >= 15 is 0 Å². The molecule has 146 valence electrons. The van der Waals surface area contributed by atoms with Crippen LogP contribution in [0.3, 0.4) is 0 Å². The van der Waals surface area contributed by atoms with Crippen molar-refractivity contribution in [2.45, 2.75) is 56.4 Å². The van der Waals surface area contributed by atoms with E-state index in [1.807, 2.05) is 0 Å². The topological polar surface area (TPSA) is 117 Å². The molecule has 0 saturated heterocycles. The lowest BCUT2D eigenvalue weighted by atomic mass is 9.86. The second-order valence-electron chi connectivity index (χ2n) is 6.83. The SMILES string of the molecule is Cc1oc(C(=O)NC2CCCCCCC2C(=O)O)cc1S(=O)(=O)N(C)C. The van der Waals surface area contributed by atoms with Crippen LogP contribution in [0.5, 0.6) is 0 Å². The number of nitrogens with one attached hydrogen (secondary N) is 1. The predicted octanol–water partition coefficient (Wildman–Crippen LogP) is 1.99. The first-order chi connectivity index (χ1) is 12.1. The van der Waals surface area contributed by atoms with E-state index < -0.39 is 33.9 Å². The number of carbonyl (C=O) groups is 2. The summed E-state index contributed by atoms with van der Waals surface area (Å²) in [7, 11) is -0.930. The maximum atomic E-state index is 12.5. The van der Waals surface area contributed by atoms with Crippen molar-refractivity contribution in [1.29, 1.82) is 0 Å². The first-order valence-electron chi connectivity index (χ1n) is 8.71. The average molecular weight is 386 g/mol. The fraction of sp³-hybridized carbons (Fsp3) is 0.647. The Morgan fingerprint density at radius 2 is 1.81 bits per heavy atom. The molecule has 1 aliphatic carbocycles. The van der Waals surface area contributed by atoms with Gasteiger partial charge in [0, 0.05) is 26.2 Å². The second kappa shape index (κ2) is 8.22. The number of carboxylic acids is 1. The largest absolute Gasteiger partial charge is 0.481 e. The van der Waals surface area contributed by atoms with Crippen LogP contribution in [0.2, 0.25) is 0 Å². The zero-order valence-electron chi connectivity index (χ0n) is 15.3. The third-order valence-electron chi connectivity index (χ3n) is 4.75. The number of aliphatic carboxylic acids is 1. The summed E-state index contributed by atoms with van der Waals surface area (Å²) in [4.78, 5) is 24.0. The Bertz CT molecular complexity index is 768. The van der Waals surface area contributed by atoms with E-state index in [0.717, 1.165) is 30.0 Å². The molecule has 2 unspecified atom stereocenters. The van der Waals surface area contributed by atoms with Crippen molar-refractivity contribution in [3.8, 4) is 0 Å². The summed E-state index contributed by atoms with van der Waals surface area (Å²) in [6.07, 6.45) is 4.74. The summed E-state index contributed by atoms with van der Waals surface area (Å²) in [6.45, 7) is 1.48. The molecule has 2 rings (SSSR count). The van der Waals surface area contributed by atoms with Gasteiger partial charge in [-0.25, -0.2) is 12.7 Å². The van der Waals surface area contributed by atoms with Crippen molar-refractivity contribution >= 4 is 21.9 Å². The number of carboxylic acid groups (broad SMARTS) is 1. The van der Waals surface area contributed by atoms with E-state index in [2.05, 4.69) is 5.32 Å². The molecule has 1 aromatic heterocycles. The Labute approximate surface area is 153 Å². The minimum atomic E-state index is -3.72. The van der Waals surface area contributed by atoms with Gasteiger partial charge in [-0.1, -0.05) is 25.7 Å². The first kappa shape index (κ1) is 20.4. The molecule has 0 spiro atoms. The van der Waals surface area contributed by atoms with Crippen LogP contribution in [-0.4, -0.2) is 49.8 Å². The van der Waals surface area contributed by atoms with Crippen molar-refractivity contribution in [3.05, 3.63) is 17.6 Å². The van der Waals surface area contributed by atoms with Crippen molar-refractivity contribution < 1.29 is 27.5 Å². The van der Waals surface area contributed by atoms with Crippen molar-refractivity contribution in [2.75, 3.05) is 14.1 Å². The number of rotatable bonds is 5. The van der Waals surface area contributed by atoms with Gasteiger partial charge in [-0.05, 0) is 19.8 Å². The van der Waals surface area contributed by atoms with Crippen LogP contribution in [0.4, 0.5) is 0 Å². The van der Waals surface area contributed by atoms with E-state index in [-0.39, 0.29) is 16.4 Å². The van der Waals surface area contributed by atoms with Crippen LogP contribution in [-0.2, 0) is 14.8 Å². The summed E-state index contributed by atoms with van der Waals surface area (Å²) >= 11 is 0. The molecule has 2 atom stereocenters. The van der Waals surface area contributed by atoms with Gasteiger partial charge >= 0.3 is 5.97 Å². The van der Waals surface area contributed by atoms with Crippen LogP contribution in [0.15, 0.2) is 15.4 Å². The molecule has 0 aromatic carbocycles. The standard InChI is InChI=1S/C17H26N2O6S/c1-11-15(26(23,24)19(2)3)10-14(25-11)16(20)18-13-9-7-5-4-6-8-12(13)17(21)22/h10,12-13H,4-9H2,1-3H3,(H,18,20)(H,21,22). The second-order valence-corrected chi connectivity index (χ2v) is 8.96. The van der Waals surface area contributed by atoms with Gasteiger partial charge in [-0.15, -0.1) is 0 Å². The minimum absolute atomic E-state index is 0.0694. The molecular formula is C17H26N2O6S. The highest BCUT2D eigenvalue weighted by atomic mass is 32.2. The Balaban J connectivity index is 2.22. The molecule has 2 N–H and O–H groups in total. The van der Waals surface area contributed by atoms with Gasteiger partial charge in [0.05, 0.1) is 5.92 Å². The van der Waals surface area contributed by atoms with Crippen LogP contribution < -0.4 is 5.32 Å². The highest BCUT2D eigenvalue weighted by Gasteiger charge is 2.32. The van der Waals surface area contributed by atoms with E-state index in [9.17, 15) is 23.1 Å². The Hall–Kier alpha value is -1.87. The number of furan rings is 1. The summed E-state index contributed by atoms with van der Waals surface area (Å²) in [6, 6.07) is 0.693. The summed E-state index contributed by atoms with van der Waals surface area (Å²) in [5, 5.41) is 12.2. The fourth-order valence-electron chi connectivity index (χ4n) is 3.22. The number of amides is 1. The molecule has 1 aliphatic rings. The van der Waals surface area contributed by atoms with E-state index in [1.165, 1.54) is 27.1 Å². The quantitative estimate of drug-likeness (QED) is 0.799. The normalized spacial score (nSPS) is 21.8. The zero-order chi connectivity index (χ0) is 19.5. The molecule has 1 fully saturated rings. The molecule has 0 radical (unpaired) electrons. The molecule has 0 bridgehead atoms. The van der Waals surface area contributed by atoms with Gasteiger partial charge in [-0.2, -0.15) is 0 Å². The van der Waals surface area contributed by atoms with Gasteiger partial charge in [0.2, 0.25) is 10.0 Å². The molecule has 0 aliphatic heterocycles. The summed E-state index contributed by atoms with van der Waals surface area (Å²) in [5.74, 6) is -2.18. The Morgan fingerprint density at radius 1 is 1.19 bits per heavy atom. The van der Waals surface area contributed by atoms with E-state index in [0.29, 0.717) is 12.8 Å². The fourth-order valence-corrected chi connectivity index (χ4v) is 4.28. The number of hydrogen-bond donors (Lipinski definition) is 2. The lowest BCUT2D eigenvalue weighted by Crippen LogP contribution is -2.43. The maximum Gasteiger partial charge on any atom is 0.308 e.